The molecule has 12 heavy (non-hydrogen) atoms. The van der Waals surface area contributed by atoms with Crippen molar-refractivity contribution in [1.82, 2.24) is 0 Å². The third-order valence-electron chi connectivity index (χ3n) is 1.73. The Morgan fingerprint density at radius 3 is 2.42 bits per heavy atom. The molecular formula is C8H8O4. The molecule has 0 atom stereocenters. The van der Waals surface area contributed by atoms with E-state index in [9.17, 15) is 9.59 Å². The van der Waals surface area contributed by atoms with Crippen molar-refractivity contribution in [1.29, 1.82) is 0 Å². The molecule has 0 amide bonds. The van der Waals surface area contributed by atoms with Crippen LogP contribution in [-0.4, -0.2) is 17.4 Å². The maximum absolute atomic E-state index is 10.6. The zero-order valence-electron chi connectivity index (χ0n) is 6.75. The van der Waals surface area contributed by atoms with Crippen LogP contribution in [0.1, 0.15) is 32.2 Å². The van der Waals surface area contributed by atoms with Gasteiger partial charge in [-0.1, -0.05) is 0 Å². The first-order chi connectivity index (χ1) is 5.57. The average Bonchev–Trinajstić information content (AvgIpc) is 2.28. The lowest BCUT2D eigenvalue weighted by Crippen LogP contribution is -2.00. The molecule has 0 aliphatic carbocycles. The van der Waals surface area contributed by atoms with Crippen LogP contribution in [0, 0.1) is 13.8 Å². The normalized spacial score (nSPS) is 9.83. The first kappa shape index (κ1) is 8.52. The van der Waals surface area contributed by atoms with Crippen molar-refractivity contribution in [3.05, 3.63) is 22.6 Å². The Labute approximate surface area is 68.8 Å². The van der Waals surface area contributed by atoms with Crippen LogP contribution in [0.15, 0.2) is 4.42 Å². The van der Waals surface area contributed by atoms with Crippen LogP contribution in [0.2, 0.25) is 0 Å². The Kier molecular flexibility index (Phi) is 1.99. The molecule has 1 heterocycles. The largest absolute Gasteiger partial charge is 0.478 e. The maximum atomic E-state index is 10.6. The summed E-state index contributed by atoms with van der Waals surface area (Å²) < 4.78 is 4.91. The van der Waals surface area contributed by atoms with Gasteiger partial charge in [0.25, 0.3) is 0 Å². The van der Waals surface area contributed by atoms with E-state index in [1.165, 1.54) is 0 Å². The van der Waals surface area contributed by atoms with Gasteiger partial charge in [-0.25, -0.2) is 4.79 Å². The molecule has 0 aliphatic rings. The highest BCUT2D eigenvalue weighted by atomic mass is 16.4. The SMILES string of the molecule is Cc1oc(C=O)c(C(=O)O)c1C. The monoisotopic (exact) mass is 168 g/mol. The van der Waals surface area contributed by atoms with E-state index in [1.54, 1.807) is 13.8 Å². The van der Waals surface area contributed by atoms with Crippen molar-refractivity contribution >= 4 is 12.3 Å². The molecule has 0 saturated heterocycles. The predicted octanol–water partition coefficient (Wildman–Crippen LogP) is 1.41. The van der Waals surface area contributed by atoms with Crippen LogP contribution in [0.5, 0.6) is 0 Å². The van der Waals surface area contributed by atoms with Gasteiger partial charge in [-0.15, -0.1) is 0 Å². The van der Waals surface area contributed by atoms with Gasteiger partial charge in [-0.3, -0.25) is 4.79 Å². The molecule has 1 aromatic rings. The number of carbonyl (C=O) groups excluding carboxylic acids is 1. The number of aromatic carboxylic acids is 1. The quantitative estimate of drug-likeness (QED) is 0.678. The van der Waals surface area contributed by atoms with E-state index in [0.29, 0.717) is 17.6 Å². The lowest BCUT2D eigenvalue weighted by molar-refractivity contribution is 0.0691. The first-order valence-corrected chi connectivity index (χ1v) is 3.36. The second-order valence-electron chi connectivity index (χ2n) is 2.45. The Hall–Kier alpha value is -1.58. The molecule has 0 bridgehead atoms. The van der Waals surface area contributed by atoms with Gasteiger partial charge in [0.05, 0.1) is 0 Å². The third-order valence-corrected chi connectivity index (χ3v) is 1.73. The zero-order valence-corrected chi connectivity index (χ0v) is 6.75. The van der Waals surface area contributed by atoms with Crippen molar-refractivity contribution in [2.24, 2.45) is 0 Å². The molecule has 4 heteroatoms. The number of rotatable bonds is 2. The molecule has 64 valence electrons. The summed E-state index contributed by atoms with van der Waals surface area (Å²) in [7, 11) is 0. The predicted molar refractivity (Wildman–Crippen MR) is 40.5 cm³/mol. The molecule has 1 N–H and O–H groups in total. The summed E-state index contributed by atoms with van der Waals surface area (Å²) in [6.07, 6.45) is 0.406. The fourth-order valence-electron chi connectivity index (χ4n) is 1.00. The van der Waals surface area contributed by atoms with Crippen LogP contribution in [0.25, 0.3) is 0 Å². The van der Waals surface area contributed by atoms with Crippen molar-refractivity contribution in [2.75, 3.05) is 0 Å². The van der Waals surface area contributed by atoms with Crippen LogP contribution in [0.4, 0.5) is 0 Å². The topological polar surface area (TPSA) is 67.5 Å². The van der Waals surface area contributed by atoms with E-state index in [2.05, 4.69) is 0 Å². The van der Waals surface area contributed by atoms with Gasteiger partial charge in [0.2, 0.25) is 0 Å². The van der Waals surface area contributed by atoms with Crippen molar-refractivity contribution in [3.8, 4) is 0 Å². The highest BCUT2D eigenvalue weighted by Gasteiger charge is 2.19. The smallest absolute Gasteiger partial charge is 0.340 e. The molecule has 0 spiro atoms. The van der Waals surface area contributed by atoms with Gasteiger partial charge < -0.3 is 9.52 Å². The minimum absolute atomic E-state index is 0.0394. The lowest BCUT2D eigenvalue weighted by Gasteiger charge is -1.89. The molecule has 4 nitrogen and oxygen atoms in total. The van der Waals surface area contributed by atoms with Crippen LogP contribution in [0.3, 0.4) is 0 Å². The molecule has 0 fully saturated rings. The van der Waals surface area contributed by atoms with E-state index < -0.39 is 5.97 Å². The maximum Gasteiger partial charge on any atom is 0.340 e. The summed E-state index contributed by atoms with van der Waals surface area (Å²) in [4.78, 5) is 20.9. The van der Waals surface area contributed by atoms with E-state index >= 15 is 0 Å². The average molecular weight is 168 g/mol. The van der Waals surface area contributed by atoms with Gasteiger partial charge >= 0.3 is 5.97 Å². The van der Waals surface area contributed by atoms with Gasteiger partial charge in [0.1, 0.15) is 11.3 Å². The van der Waals surface area contributed by atoms with E-state index in [-0.39, 0.29) is 11.3 Å². The second-order valence-corrected chi connectivity index (χ2v) is 2.45. The minimum atomic E-state index is -1.13. The Morgan fingerprint density at radius 2 is 2.08 bits per heavy atom. The van der Waals surface area contributed by atoms with E-state index in [4.69, 9.17) is 9.52 Å². The molecule has 0 radical (unpaired) electrons. The second kappa shape index (κ2) is 2.81. The lowest BCUT2D eigenvalue weighted by atomic mass is 10.1. The molecular weight excluding hydrogens is 160 g/mol. The molecule has 0 saturated carbocycles. The van der Waals surface area contributed by atoms with Crippen LogP contribution < -0.4 is 0 Å². The molecule has 0 aliphatic heterocycles. The van der Waals surface area contributed by atoms with Crippen LogP contribution >= 0.6 is 0 Å². The molecule has 1 aromatic heterocycles. The fourth-order valence-corrected chi connectivity index (χ4v) is 1.00. The summed E-state index contributed by atoms with van der Waals surface area (Å²) in [6.45, 7) is 3.23. The Morgan fingerprint density at radius 1 is 1.50 bits per heavy atom. The number of hydrogen-bond acceptors (Lipinski definition) is 3. The Balaban J connectivity index is 3.40. The highest BCUT2D eigenvalue weighted by Crippen LogP contribution is 2.19. The molecule has 1 rings (SSSR count). The van der Waals surface area contributed by atoms with Gasteiger partial charge in [0.15, 0.2) is 12.0 Å². The number of furan rings is 1. The van der Waals surface area contributed by atoms with Gasteiger partial charge in [-0.2, -0.15) is 0 Å². The third kappa shape index (κ3) is 1.11. The fraction of sp³-hybridized carbons (Fsp3) is 0.250. The summed E-state index contributed by atoms with van der Waals surface area (Å²) in [5, 5.41) is 8.67. The highest BCUT2D eigenvalue weighted by molar-refractivity contribution is 5.97. The number of hydrogen-bond donors (Lipinski definition) is 1. The van der Waals surface area contributed by atoms with Crippen LogP contribution in [-0.2, 0) is 0 Å². The number of carboxylic acid groups (broad SMARTS) is 1. The van der Waals surface area contributed by atoms with E-state index in [0.717, 1.165) is 0 Å². The summed E-state index contributed by atoms with van der Waals surface area (Å²) in [5.74, 6) is -0.779. The zero-order chi connectivity index (χ0) is 9.30. The number of aldehydes is 1. The summed E-state index contributed by atoms with van der Waals surface area (Å²) >= 11 is 0. The van der Waals surface area contributed by atoms with Crippen molar-refractivity contribution in [2.45, 2.75) is 13.8 Å². The molecule has 0 aromatic carbocycles. The van der Waals surface area contributed by atoms with Gasteiger partial charge in [0, 0.05) is 5.56 Å². The Bertz CT molecular complexity index is 335. The van der Waals surface area contributed by atoms with Crippen molar-refractivity contribution in [3.63, 3.8) is 0 Å². The molecule has 0 unspecified atom stereocenters. The summed E-state index contributed by atoms with van der Waals surface area (Å²) in [5.41, 5.74) is 0.465. The summed E-state index contributed by atoms with van der Waals surface area (Å²) in [6, 6.07) is 0. The van der Waals surface area contributed by atoms with Crippen molar-refractivity contribution < 1.29 is 19.1 Å². The first-order valence-electron chi connectivity index (χ1n) is 3.36. The number of carboxylic acids is 1. The van der Waals surface area contributed by atoms with Gasteiger partial charge in [-0.05, 0) is 13.8 Å². The minimum Gasteiger partial charge on any atom is -0.478 e. The number of carbonyl (C=O) groups is 2. The van der Waals surface area contributed by atoms with E-state index in [1.807, 2.05) is 0 Å². The number of aryl methyl sites for hydroxylation is 1. The standard InChI is InChI=1S/C8H8O4/c1-4-5(2)12-6(3-9)7(4)8(10)11/h3H,1-2H3,(H,10,11).